The van der Waals surface area contributed by atoms with E-state index in [9.17, 15) is 0 Å². The Balaban J connectivity index is 1.87. The molecule has 2 rings (SSSR count). The van der Waals surface area contributed by atoms with E-state index in [0.717, 1.165) is 38.5 Å². The zero-order chi connectivity index (χ0) is 15.2. The fourth-order valence-corrected chi connectivity index (χ4v) is 3.07. The quantitative estimate of drug-likeness (QED) is 0.871. The van der Waals surface area contributed by atoms with Crippen molar-refractivity contribution in [2.24, 2.45) is 5.73 Å². The Hall–Kier alpha value is -1.10. The minimum Gasteiger partial charge on any atom is -0.494 e. The van der Waals surface area contributed by atoms with Crippen molar-refractivity contribution in [2.45, 2.75) is 32.9 Å². The number of likely N-dealkylation sites (N-methyl/N-ethyl adjacent to an activating group) is 1. The normalized spacial score (nSPS) is 22.2. The van der Waals surface area contributed by atoms with Crippen LogP contribution < -0.4 is 10.5 Å². The van der Waals surface area contributed by atoms with Crippen molar-refractivity contribution in [1.29, 1.82) is 0 Å². The second kappa shape index (κ2) is 7.78. The second-order valence-corrected chi connectivity index (χ2v) is 5.85. The summed E-state index contributed by atoms with van der Waals surface area (Å²) in [5, 5.41) is 0. The highest BCUT2D eigenvalue weighted by atomic mass is 16.5. The summed E-state index contributed by atoms with van der Waals surface area (Å²) in [4.78, 5) is 5.01. The number of nitrogens with zero attached hydrogens (tertiary/aromatic N) is 2. The van der Waals surface area contributed by atoms with E-state index in [2.05, 4.69) is 35.8 Å². The second-order valence-electron chi connectivity index (χ2n) is 5.85. The van der Waals surface area contributed by atoms with E-state index < -0.39 is 0 Å². The summed E-state index contributed by atoms with van der Waals surface area (Å²) < 4.78 is 5.47. The molecule has 1 aliphatic rings. The lowest BCUT2D eigenvalue weighted by molar-refractivity contribution is 0.0841. The average molecular weight is 291 g/mol. The van der Waals surface area contributed by atoms with Gasteiger partial charge in [0.15, 0.2) is 0 Å². The third-order valence-electron chi connectivity index (χ3n) is 4.33. The standard InChI is InChI=1S/C17H29N3O/c1-4-20-11-10-19(12-14(20)3)13-17(18)15-6-8-16(9-7-15)21-5-2/h6-9,14,17H,4-5,10-13,18H2,1-3H3. The third kappa shape index (κ3) is 4.43. The Bertz CT molecular complexity index is 421. The molecule has 0 spiro atoms. The molecule has 4 heteroatoms. The number of rotatable bonds is 6. The maximum absolute atomic E-state index is 6.37. The van der Waals surface area contributed by atoms with E-state index in [0.29, 0.717) is 12.6 Å². The molecule has 0 bridgehead atoms. The zero-order valence-electron chi connectivity index (χ0n) is 13.6. The molecule has 0 saturated carbocycles. The smallest absolute Gasteiger partial charge is 0.119 e. The zero-order valence-corrected chi connectivity index (χ0v) is 13.6. The molecule has 2 atom stereocenters. The molecule has 0 amide bonds. The maximum atomic E-state index is 6.37. The topological polar surface area (TPSA) is 41.7 Å². The highest BCUT2D eigenvalue weighted by Crippen LogP contribution is 2.18. The fraction of sp³-hybridized carbons (Fsp3) is 0.647. The monoisotopic (exact) mass is 291 g/mol. The van der Waals surface area contributed by atoms with Crippen LogP contribution >= 0.6 is 0 Å². The van der Waals surface area contributed by atoms with Crippen molar-refractivity contribution in [3.8, 4) is 5.75 Å². The lowest BCUT2D eigenvalue weighted by Gasteiger charge is -2.40. The largest absolute Gasteiger partial charge is 0.494 e. The summed E-state index contributed by atoms with van der Waals surface area (Å²) in [5.41, 5.74) is 7.55. The van der Waals surface area contributed by atoms with Crippen LogP contribution in [0.4, 0.5) is 0 Å². The number of ether oxygens (including phenoxy) is 1. The SMILES string of the molecule is CCOc1ccc(C(N)CN2CCN(CC)C(C)C2)cc1. The minimum absolute atomic E-state index is 0.0704. The van der Waals surface area contributed by atoms with Crippen molar-refractivity contribution in [1.82, 2.24) is 9.80 Å². The van der Waals surface area contributed by atoms with Gasteiger partial charge in [-0.25, -0.2) is 0 Å². The summed E-state index contributed by atoms with van der Waals surface area (Å²) in [6, 6.07) is 8.88. The van der Waals surface area contributed by atoms with Gasteiger partial charge in [0.05, 0.1) is 6.61 Å². The number of benzene rings is 1. The van der Waals surface area contributed by atoms with Crippen molar-refractivity contribution < 1.29 is 4.74 Å². The van der Waals surface area contributed by atoms with Gasteiger partial charge < -0.3 is 10.5 Å². The Morgan fingerprint density at radius 2 is 1.95 bits per heavy atom. The Morgan fingerprint density at radius 3 is 2.52 bits per heavy atom. The van der Waals surface area contributed by atoms with Gasteiger partial charge in [0, 0.05) is 38.3 Å². The molecule has 1 fully saturated rings. The van der Waals surface area contributed by atoms with Crippen LogP contribution in [0.1, 0.15) is 32.4 Å². The summed E-state index contributed by atoms with van der Waals surface area (Å²) in [5.74, 6) is 0.915. The molecule has 0 aliphatic carbocycles. The maximum Gasteiger partial charge on any atom is 0.119 e. The Kier molecular flexibility index (Phi) is 6.03. The summed E-state index contributed by atoms with van der Waals surface area (Å²) >= 11 is 0. The first-order valence-corrected chi connectivity index (χ1v) is 8.08. The van der Waals surface area contributed by atoms with Crippen LogP contribution in [-0.2, 0) is 0 Å². The van der Waals surface area contributed by atoms with E-state index in [4.69, 9.17) is 10.5 Å². The Labute approximate surface area is 128 Å². The predicted octanol–water partition coefficient (Wildman–Crippen LogP) is 2.11. The van der Waals surface area contributed by atoms with Crippen LogP contribution in [0.2, 0.25) is 0 Å². The number of hydrogen-bond acceptors (Lipinski definition) is 4. The highest BCUT2D eigenvalue weighted by molar-refractivity contribution is 5.29. The molecule has 4 nitrogen and oxygen atoms in total. The van der Waals surface area contributed by atoms with Gasteiger partial charge in [-0.1, -0.05) is 19.1 Å². The third-order valence-corrected chi connectivity index (χ3v) is 4.33. The van der Waals surface area contributed by atoms with Gasteiger partial charge in [-0.05, 0) is 38.1 Å². The molecule has 0 radical (unpaired) electrons. The van der Waals surface area contributed by atoms with E-state index in [1.807, 2.05) is 19.1 Å². The summed E-state index contributed by atoms with van der Waals surface area (Å²) in [6.07, 6.45) is 0. The van der Waals surface area contributed by atoms with Gasteiger partial charge in [-0.2, -0.15) is 0 Å². The van der Waals surface area contributed by atoms with Gasteiger partial charge >= 0.3 is 0 Å². The minimum atomic E-state index is 0.0704. The van der Waals surface area contributed by atoms with E-state index >= 15 is 0 Å². The van der Waals surface area contributed by atoms with Crippen molar-refractivity contribution in [3.05, 3.63) is 29.8 Å². The van der Waals surface area contributed by atoms with Gasteiger partial charge in [0.25, 0.3) is 0 Å². The lowest BCUT2D eigenvalue weighted by Crippen LogP contribution is -2.52. The van der Waals surface area contributed by atoms with E-state index in [1.54, 1.807) is 0 Å². The van der Waals surface area contributed by atoms with E-state index in [-0.39, 0.29) is 6.04 Å². The van der Waals surface area contributed by atoms with Crippen molar-refractivity contribution in [3.63, 3.8) is 0 Å². The molecule has 0 aromatic heterocycles. The van der Waals surface area contributed by atoms with Crippen LogP contribution in [0.5, 0.6) is 5.75 Å². The van der Waals surface area contributed by atoms with Crippen LogP contribution in [0.15, 0.2) is 24.3 Å². The first-order chi connectivity index (χ1) is 10.1. The van der Waals surface area contributed by atoms with Crippen LogP contribution in [0.25, 0.3) is 0 Å². The van der Waals surface area contributed by atoms with E-state index in [1.165, 1.54) is 5.56 Å². The predicted molar refractivity (Wildman–Crippen MR) is 87.7 cm³/mol. The number of nitrogens with two attached hydrogens (primary N) is 1. The van der Waals surface area contributed by atoms with Gasteiger partial charge in [0.2, 0.25) is 0 Å². The summed E-state index contributed by atoms with van der Waals surface area (Å²) in [7, 11) is 0. The molecule has 21 heavy (non-hydrogen) atoms. The Morgan fingerprint density at radius 1 is 1.24 bits per heavy atom. The summed E-state index contributed by atoms with van der Waals surface area (Å²) in [6.45, 7) is 12.7. The molecule has 1 saturated heterocycles. The van der Waals surface area contributed by atoms with Crippen molar-refractivity contribution >= 4 is 0 Å². The molecule has 1 aliphatic heterocycles. The molecule has 1 aromatic rings. The number of piperazine rings is 1. The first-order valence-electron chi connectivity index (χ1n) is 8.08. The molecule has 2 N–H and O–H groups in total. The van der Waals surface area contributed by atoms with Crippen LogP contribution in [0.3, 0.4) is 0 Å². The molecular weight excluding hydrogens is 262 g/mol. The van der Waals surface area contributed by atoms with Gasteiger partial charge in [0.1, 0.15) is 5.75 Å². The first kappa shape index (κ1) is 16.3. The van der Waals surface area contributed by atoms with Gasteiger partial charge in [-0.3, -0.25) is 9.80 Å². The van der Waals surface area contributed by atoms with Crippen LogP contribution in [0, 0.1) is 0 Å². The van der Waals surface area contributed by atoms with Gasteiger partial charge in [-0.15, -0.1) is 0 Å². The molecule has 2 unspecified atom stereocenters. The molecule has 118 valence electrons. The molecular formula is C17H29N3O. The highest BCUT2D eigenvalue weighted by Gasteiger charge is 2.23. The average Bonchev–Trinajstić information content (AvgIpc) is 2.48. The molecule has 1 aromatic carbocycles. The van der Waals surface area contributed by atoms with Crippen molar-refractivity contribution in [2.75, 3.05) is 39.3 Å². The molecule has 1 heterocycles. The lowest BCUT2D eigenvalue weighted by atomic mass is 10.1. The fourth-order valence-electron chi connectivity index (χ4n) is 3.07. The number of hydrogen-bond donors (Lipinski definition) is 1. The van der Waals surface area contributed by atoms with Crippen LogP contribution in [-0.4, -0.2) is 55.2 Å².